The van der Waals surface area contributed by atoms with Crippen LogP contribution in [-0.2, 0) is 6.54 Å². The maximum absolute atomic E-state index is 11.5. The van der Waals surface area contributed by atoms with Crippen LogP contribution >= 0.6 is 0 Å². The monoisotopic (exact) mass is 243 g/mol. The van der Waals surface area contributed by atoms with E-state index in [4.69, 9.17) is 5.11 Å². The molecule has 0 amide bonds. The van der Waals surface area contributed by atoms with Gasteiger partial charge in [-0.1, -0.05) is 30.3 Å². The van der Waals surface area contributed by atoms with E-state index in [1.165, 1.54) is 19.2 Å². The minimum absolute atomic E-state index is 0.135. The first-order valence-corrected chi connectivity index (χ1v) is 5.56. The van der Waals surface area contributed by atoms with E-state index in [0.29, 0.717) is 12.2 Å². The Morgan fingerprint density at radius 2 is 1.89 bits per heavy atom. The normalized spacial score (nSPS) is 10.3. The Kier molecular flexibility index (Phi) is 3.28. The number of aromatic carboxylic acids is 1. The highest BCUT2D eigenvalue weighted by Gasteiger charge is 2.14. The van der Waals surface area contributed by atoms with Gasteiger partial charge in [0.2, 0.25) is 0 Å². The first-order valence-electron chi connectivity index (χ1n) is 5.56. The molecular weight excluding hydrogens is 230 g/mol. The molecule has 92 valence electrons. The number of carboxylic acid groups (broad SMARTS) is 1. The van der Waals surface area contributed by atoms with Crippen LogP contribution in [0.3, 0.4) is 0 Å². The van der Waals surface area contributed by atoms with Crippen molar-refractivity contribution >= 4 is 11.8 Å². The molecule has 0 aliphatic rings. The van der Waals surface area contributed by atoms with Gasteiger partial charge in [-0.3, -0.25) is 4.79 Å². The number of rotatable bonds is 4. The summed E-state index contributed by atoms with van der Waals surface area (Å²) in [4.78, 5) is 22.4. The van der Waals surface area contributed by atoms with E-state index in [-0.39, 0.29) is 11.3 Å². The summed E-state index contributed by atoms with van der Waals surface area (Å²) < 4.78 is 1.67. The molecule has 0 atom stereocenters. The van der Waals surface area contributed by atoms with Crippen molar-refractivity contribution in [1.82, 2.24) is 4.57 Å². The van der Waals surface area contributed by atoms with Crippen LogP contribution in [0.2, 0.25) is 0 Å². The Bertz CT molecular complexity index is 584. The summed E-state index contributed by atoms with van der Waals surface area (Å²) >= 11 is 0. The number of hydrogen-bond donors (Lipinski definition) is 1. The van der Waals surface area contributed by atoms with Crippen molar-refractivity contribution in [2.45, 2.75) is 13.5 Å². The van der Waals surface area contributed by atoms with Crippen LogP contribution in [0.1, 0.15) is 33.3 Å². The van der Waals surface area contributed by atoms with Crippen molar-refractivity contribution in [3.8, 4) is 0 Å². The zero-order valence-corrected chi connectivity index (χ0v) is 9.96. The van der Waals surface area contributed by atoms with Crippen molar-refractivity contribution in [3.05, 3.63) is 59.4 Å². The molecule has 4 heteroatoms. The fourth-order valence-corrected chi connectivity index (χ4v) is 1.84. The second-order valence-corrected chi connectivity index (χ2v) is 4.09. The topological polar surface area (TPSA) is 59.3 Å². The maximum atomic E-state index is 11.5. The van der Waals surface area contributed by atoms with E-state index in [1.807, 2.05) is 30.3 Å². The summed E-state index contributed by atoms with van der Waals surface area (Å²) in [6, 6.07) is 11.0. The van der Waals surface area contributed by atoms with Gasteiger partial charge in [0, 0.05) is 19.7 Å². The molecule has 1 aromatic heterocycles. The zero-order valence-electron chi connectivity index (χ0n) is 9.96. The van der Waals surface area contributed by atoms with Gasteiger partial charge >= 0.3 is 5.97 Å². The van der Waals surface area contributed by atoms with Gasteiger partial charge in [0.1, 0.15) is 0 Å². The third-order valence-electron chi connectivity index (χ3n) is 2.70. The second kappa shape index (κ2) is 4.87. The van der Waals surface area contributed by atoms with Crippen molar-refractivity contribution < 1.29 is 14.7 Å². The summed E-state index contributed by atoms with van der Waals surface area (Å²) in [6.07, 6.45) is 1.49. The molecule has 0 unspecified atom stereocenters. The highest BCUT2D eigenvalue weighted by atomic mass is 16.4. The first-order chi connectivity index (χ1) is 8.58. The lowest BCUT2D eigenvalue weighted by atomic mass is 10.2. The Labute approximate surface area is 104 Å². The molecule has 0 saturated heterocycles. The van der Waals surface area contributed by atoms with Crippen LogP contribution < -0.4 is 0 Å². The fourth-order valence-electron chi connectivity index (χ4n) is 1.84. The number of nitrogens with zero attached hydrogens (tertiary/aromatic N) is 1. The standard InChI is InChI=1S/C14H13NO3/c1-10(16)13-7-12(14(17)18)9-15(13)8-11-5-3-2-4-6-11/h2-7,9H,8H2,1H3,(H,17,18). The van der Waals surface area contributed by atoms with Gasteiger partial charge in [-0.2, -0.15) is 0 Å². The van der Waals surface area contributed by atoms with Gasteiger partial charge in [0.05, 0.1) is 11.3 Å². The molecule has 1 heterocycles. The molecule has 0 fully saturated rings. The Balaban J connectivity index is 2.37. The number of Topliss-reactive ketones (excluding diaryl/α,β-unsaturated/α-hetero) is 1. The molecule has 2 rings (SSSR count). The third kappa shape index (κ3) is 2.48. The molecule has 4 nitrogen and oxygen atoms in total. The largest absolute Gasteiger partial charge is 0.478 e. The second-order valence-electron chi connectivity index (χ2n) is 4.09. The van der Waals surface area contributed by atoms with E-state index in [0.717, 1.165) is 5.56 Å². The number of aromatic nitrogens is 1. The van der Waals surface area contributed by atoms with Crippen molar-refractivity contribution in [2.75, 3.05) is 0 Å². The van der Waals surface area contributed by atoms with Crippen LogP contribution in [0, 0.1) is 0 Å². The summed E-state index contributed by atoms with van der Waals surface area (Å²) in [6.45, 7) is 1.92. The SMILES string of the molecule is CC(=O)c1cc(C(=O)O)cn1Cc1ccccc1. The number of hydrogen-bond acceptors (Lipinski definition) is 2. The van der Waals surface area contributed by atoms with E-state index in [9.17, 15) is 9.59 Å². The summed E-state index contributed by atoms with van der Waals surface area (Å²) in [7, 11) is 0. The lowest BCUT2D eigenvalue weighted by Gasteiger charge is -2.06. The molecule has 0 aliphatic carbocycles. The highest BCUT2D eigenvalue weighted by Crippen LogP contribution is 2.12. The molecule has 0 bridgehead atoms. The molecule has 0 saturated carbocycles. The summed E-state index contributed by atoms with van der Waals surface area (Å²) in [5, 5.41) is 8.95. The van der Waals surface area contributed by atoms with Crippen LogP contribution in [0.5, 0.6) is 0 Å². The highest BCUT2D eigenvalue weighted by molar-refractivity contribution is 5.96. The quantitative estimate of drug-likeness (QED) is 0.839. The maximum Gasteiger partial charge on any atom is 0.337 e. The van der Waals surface area contributed by atoms with Gasteiger partial charge < -0.3 is 9.67 Å². The third-order valence-corrected chi connectivity index (χ3v) is 2.70. The molecule has 18 heavy (non-hydrogen) atoms. The first kappa shape index (κ1) is 12.1. The van der Waals surface area contributed by atoms with Crippen molar-refractivity contribution in [3.63, 3.8) is 0 Å². The van der Waals surface area contributed by atoms with Crippen LogP contribution in [0.4, 0.5) is 0 Å². The fraction of sp³-hybridized carbons (Fsp3) is 0.143. The minimum atomic E-state index is -1.02. The number of carboxylic acids is 1. The van der Waals surface area contributed by atoms with Gasteiger partial charge in [-0.15, -0.1) is 0 Å². The molecule has 0 radical (unpaired) electrons. The van der Waals surface area contributed by atoms with Crippen molar-refractivity contribution in [2.24, 2.45) is 0 Å². The lowest BCUT2D eigenvalue weighted by molar-refractivity contribution is 0.0696. The number of benzene rings is 1. The zero-order chi connectivity index (χ0) is 13.1. The van der Waals surface area contributed by atoms with Gasteiger partial charge in [-0.05, 0) is 11.6 Å². The predicted molar refractivity (Wildman–Crippen MR) is 66.9 cm³/mol. The van der Waals surface area contributed by atoms with Crippen LogP contribution in [0.15, 0.2) is 42.6 Å². The molecule has 0 aliphatic heterocycles. The summed E-state index contributed by atoms with van der Waals surface area (Å²) in [5.74, 6) is -1.16. The number of ketones is 1. The van der Waals surface area contributed by atoms with Gasteiger partial charge in [0.15, 0.2) is 5.78 Å². The van der Waals surface area contributed by atoms with Gasteiger partial charge in [0.25, 0.3) is 0 Å². The van der Waals surface area contributed by atoms with Crippen LogP contribution in [0.25, 0.3) is 0 Å². The Morgan fingerprint density at radius 1 is 1.22 bits per heavy atom. The predicted octanol–water partition coefficient (Wildman–Crippen LogP) is 2.44. The van der Waals surface area contributed by atoms with E-state index >= 15 is 0 Å². The molecular formula is C14H13NO3. The minimum Gasteiger partial charge on any atom is -0.478 e. The average molecular weight is 243 g/mol. The molecule has 2 aromatic rings. The average Bonchev–Trinajstić information content (AvgIpc) is 2.74. The van der Waals surface area contributed by atoms with Crippen LogP contribution in [-0.4, -0.2) is 21.4 Å². The number of carbonyl (C=O) groups is 2. The molecule has 0 spiro atoms. The van der Waals surface area contributed by atoms with Gasteiger partial charge in [-0.25, -0.2) is 4.79 Å². The lowest BCUT2D eigenvalue weighted by Crippen LogP contribution is -2.06. The number of carbonyl (C=O) groups excluding carboxylic acids is 1. The summed E-state index contributed by atoms with van der Waals surface area (Å²) in [5.41, 5.74) is 1.57. The van der Waals surface area contributed by atoms with E-state index in [1.54, 1.807) is 4.57 Å². The smallest absolute Gasteiger partial charge is 0.337 e. The Morgan fingerprint density at radius 3 is 2.44 bits per heavy atom. The molecule has 1 N–H and O–H groups in total. The Hall–Kier alpha value is -2.36. The van der Waals surface area contributed by atoms with E-state index < -0.39 is 5.97 Å². The van der Waals surface area contributed by atoms with Crippen molar-refractivity contribution in [1.29, 1.82) is 0 Å². The van der Waals surface area contributed by atoms with E-state index in [2.05, 4.69) is 0 Å². The molecule has 1 aromatic carbocycles.